The average molecular weight is 363 g/mol. The summed E-state index contributed by atoms with van der Waals surface area (Å²) in [5, 5.41) is 6.89. The summed E-state index contributed by atoms with van der Waals surface area (Å²) in [6, 6.07) is 3.96. The monoisotopic (exact) mass is 363 g/mol. The van der Waals surface area contributed by atoms with Crippen LogP contribution in [0.15, 0.2) is 23.1 Å². The summed E-state index contributed by atoms with van der Waals surface area (Å²) >= 11 is 0. The second-order valence-corrected chi connectivity index (χ2v) is 7.77. The first-order chi connectivity index (χ1) is 11.9. The lowest BCUT2D eigenvalue weighted by Gasteiger charge is -2.23. The van der Waals surface area contributed by atoms with Gasteiger partial charge in [-0.2, -0.15) is 5.10 Å². The number of aryl methyl sites for hydroxylation is 2. The molecule has 0 bridgehead atoms. The number of rotatable bonds is 3. The molecule has 2 aliphatic heterocycles. The molecular formula is C15H17N5O4S. The third-order valence-corrected chi connectivity index (χ3v) is 5.64. The third kappa shape index (κ3) is 2.98. The summed E-state index contributed by atoms with van der Waals surface area (Å²) in [5.74, 6) is 1.38. The molecule has 25 heavy (non-hydrogen) atoms. The Morgan fingerprint density at radius 3 is 3.08 bits per heavy atom. The van der Waals surface area contributed by atoms with Crippen LogP contribution in [0.1, 0.15) is 30.5 Å². The molecule has 10 heteroatoms. The normalized spacial score (nSPS) is 19.6. The molecule has 1 aromatic carbocycles. The van der Waals surface area contributed by atoms with Gasteiger partial charge in [0.25, 0.3) is 5.91 Å². The second-order valence-electron chi connectivity index (χ2n) is 6.05. The van der Waals surface area contributed by atoms with E-state index in [1.54, 1.807) is 11.6 Å². The maximum Gasteiger partial charge on any atom is 0.262 e. The Hall–Kier alpha value is -2.46. The van der Waals surface area contributed by atoms with Gasteiger partial charge in [0.05, 0.1) is 16.6 Å². The number of carbonyl (C=O) groups is 1. The Morgan fingerprint density at radius 1 is 1.40 bits per heavy atom. The summed E-state index contributed by atoms with van der Waals surface area (Å²) < 4.78 is 35.2. The minimum atomic E-state index is -3.78. The molecule has 0 spiro atoms. The molecule has 132 valence electrons. The fourth-order valence-corrected chi connectivity index (χ4v) is 4.32. The van der Waals surface area contributed by atoms with Gasteiger partial charge >= 0.3 is 0 Å². The smallest absolute Gasteiger partial charge is 0.262 e. The van der Waals surface area contributed by atoms with E-state index in [9.17, 15) is 13.2 Å². The number of ether oxygens (including phenoxy) is 1. The van der Waals surface area contributed by atoms with Gasteiger partial charge in [-0.3, -0.25) is 4.79 Å². The van der Waals surface area contributed by atoms with Gasteiger partial charge in [0.1, 0.15) is 17.4 Å². The molecule has 9 nitrogen and oxygen atoms in total. The zero-order valence-corrected chi connectivity index (χ0v) is 14.3. The van der Waals surface area contributed by atoms with Crippen molar-refractivity contribution in [2.24, 2.45) is 0 Å². The second kappa shape index (κ2) is 5.81. The Morgan fingerprint density at radius 2 is 2.24 bits per heavy atom. The van der Waals surface area contributed by atoms with E-state index in [4.69, 9.17) is 4.74 Å². The van der Waals surface area contributed by atoms with E-state index < -0.39 is 16.1 Å². The molecule has 1 amide bonds. The van der Waals surface area contributed by atoms with Crippen molar-refractivity contribution >= 4 is 21.6 Å². The summed E-state index contributed by atoms with van der Waals surface area (Å²) in [6.07, 6.45) is 1.47. The van der Waals surface area contributed by atoms with Crippen LogP contribution < -0.4 is 14.8 Å². The lowest BCUT2D eigenvalue weighted by Crippen LogP contribution is -2.33. The zero-order valence-electron chi connectivity index (χ0n) is 13.5. The van der Waals surface area contributed by atoms with Crippen molar-refractivity contribution in [3.8, 4) is 5.75 Å². The van der Waals surface area contributed by atoms with Gasteiger partial charge in [-0.15, -0.1) is 0 Å². The van der Waals surface area contributed by atoms with Crippen LogP contribution in [0.5, 0.6) is 5.75 Å². The zero-order chi connectivity index (χ0) is 17.6. The van der Waals surface area contributed by atoms with Crippen LogP contribution in [-0.4, -0.2) is 35.7 Å². The third-order valence-electron chi connectivity index (χ3n) is 4.17. The maximum absolute atomic E-state index is 12.8. The van der Waals surface area contributed by atoms with E-state index in [1.165, 1.54) is 18.2 Å². The molecule has 4 rings (SSSR count). The van der Waals surface area contributed by atoms with Gasteiger partial charge in [-0.1, -0.05) is 0 Å². The quantitative estimate of drug-likeness (QED) is 0.831. The van der Waals surface area contributed by atoms with Crippen LogP contribution in [0.2, 0.25) is 0 Å². The summed E-state index contributed by atoms with van der Waals surface area (Å²) in [5.41, 5.74) is 0.349. The highest BCUT2D eigenvalue weighted by Gasteiger charge is 2.29. The molecule has 1 aromatic heterocycles. The van der Waals surface area contributed by atoms with Gasteiger partial charge in [0, 0.05) is 6.54 Å². The van der Waals surface area contributed by atoms with E-state index in [0.29, 0.717) is 29.5 Å². The van der Waals surface area contributed by atoms with Gasteiger partial charge < -0.3 is 10.1 Å². The Labute approximate surface area is 144 Å². The molecule has 2 N–H and O–H groups in total. The molecule has 0 aliphatic carbocycles. The van der Waals surface area contributed by atoms with E-state index >= 15 is 0 Å². The predicted octanol–water partition coefficient (Wildman–Crippen LogP) is 0.731. The van der Waals surface area contributed by atoms with E-state index in [-0.39, 0.29) is 17.4 Å². The van der Waals surface area contributed by atoms with Crippen LogP contribution >= 0.6 is 0 Å². The number of nitrogens with one attached hydrogen (secondary N) is 2. The van der Waals surface area contributed by atoms with E-state index in [0.717, 1.165) is 13.0 Å². The fourth-order valence-electron chi connectivity index (χ4n) is 3.06. The first-order valence-electron chi connectivity index (χ1n) is 7.93. The number of fused-ring (bicyclic) bond motifs is 2. The van der Waals surface area contributed by atoms with E-state index in [1.807, 2.05) is 0 Å². The van der Waals surface area contributed by atoms with Gasteiger partial charge in [0.2, 0.25) is 10.0 Å². The number of aromatic nitrogens is 3. The van der Waals surface area contributed by atoms with Crippen LogP contribution in [0, 0.1) is 6.92 Å². The SMILES string of the molecule is Cc1nc2n(n1)CCC[C@@H]2NS(=O)(=O)c1ccc2c(c1)NC(=O)CO2. The van der Waals surface area contributed by atoms with E-state index in [2.05, 4.69) is 20.1 Å². The Bertz CT molecular complexity index is 953. The highest BCUT2D eigenvalue weighted by Crippen LogP contribution is 2.31. The minimum absolute atomic E-state index is 0.0606. The predicted molar refractivity (Wildman–Crippen MR) is 87.6 cm³/mol. The fraction of sp³-hybridized carbons (Fsp3) is 0.400. The number of hydrogen-bond acceptors (Lipinski definition) is 6. The highest BCUT2D eigenvalue weighted by molar-refractivity contribution is 7.89. The van der Waals surface area contributed by atoms with Crippen molar-refractivity contribution in [2.75, 3.05) is 11.9 Å². The molecule has 2 aliphatic rings. The lowest BCUT2D eigenvalue weighted by atomic mass is 10.1. The van der Waals surface area contributed by atoms with Crippen LogP contribution in [0.4, 0.5) is 5.69 Å². The van der Waals surface area contributed by atoms with Gasteiger partial charge in [-0.25, -0.2) is 22.8 Å². The summed E-state index contributed by atoms with van der Waals surface area (Å²) in [4.78, 5) is 15.8. The van der Waals surface area contributed by atoms with Crippen LogP contribution in [0.3, 0.4) is 0 Å². The first kappa shape index (κ1) is 16.0. The summed E-state index contributed by atoms with van der Waals surface area (Å²) in [6.45, 7) is 2.44. The minimum Gasteiger partial charge on any atom is -0.482 e. The number of nitrogens with zero attached hydrogens (tertiary/aromatic N) is 3. The Kier molecular flexibility index (Phi) is 3.73. The van der Waals surface area contributed by atoms with Crippen molar-refractivity contribution in [3.05, 3.63) is 29.8 Å². The number of carbonyl (C=O) groups excluding carboxylic acids is 1. The molecule has 2 aromatic rings. The molecule has 0 saturated carbocycles. The van der Waals surface area contributed by atoms with Crippen molar-refractivity contribution in [1.82, 2.24) is 19.5 Å². The maximum atomic E-state index is 12.8. The molecule has 0 saturated heterocycles. The number of benzene rings is 1. The highest BCUT2D eigenvalue weighted by atomic mass is 32.2. The number of anilines is 1. The molecule has 3 heterocycles. The molecule has 0 fully saturated rings. The number of hydrogen-bond donors (Lipinski definition) is 2. The lowest BCUT2D eigenvalue weighted by molar-refractivity contribution is -0.118. The van der Waals surface area contributed by atoms with Crippen molar-refractivity contribution in [3.63, 3.8) is 0 Å². The average Bonchev–Trinajstić information content (AvgIpc) is 2.95. The number of sulfonamides is 1. The van der Waals surface area contributed by atoms with Gasteiger partial charge in [0.15, 0.2) is 6.61 Å². The number of amides is 1. The van der Waals surface area contributed by atoms with Crippen molar-refractivity contribution in [1.29, 1.82) is 0 Å². The molecule has 0 radical (unpaired) electrons. The Balaban J connectivity index is 1.63. The van der Waals surface area contributed by atoms with Crippen LogP contribution in [-0.2, 0) is 21.4 Å². The molecular weight excluding hydrogens is 346 g/mol. The van der Waals surface area contributed by atoms with Crippen molar-refractivity contribution in [2.45, 2.75) is 37.2 Å². The van der Waals surface area contributed by atoms with Crippen LogP contribution in [0.25, 0.3) is 0 Å². The topological polar surface area (TPSA) is 115 Å². The first-order valence-corrected chi connectivity index (χ1v) is 9.41. The standard InChI is InChI=1S/C15H17N5O4S/c1-9-16-15-11(3-2-6-20(15)18-9)19-25(22,23)10-4-5-13-12(7-10)17-14(21)8-24-13/h4-5,7,11,19H,2-3,6,8H2,1H3,(H,17,21)/t11-/m0/s1. The molecule has 1 atom stereocenters. The molecule has 0 unspecified atom stereocenters. The largest absolute Gasteiger partial charge is 0.482 e. The summed E-state index contributed by atoms with van der Waals surface area (Å²) in [7, 11) is -3.78. The van der Waals surface area contributed by atoms with Crippen molar-refractivity contribution < 1.29 is 17.9 Å². The van der Waals surface area contributed by atoms with Gasteiger partial charge in [-0.05, 0) is 38.0 Å².